The van der Waals surface area contributed by atoms with Crippen LogP contribution in [-0.4, -0.2) is 27.4 Å². The third-order valence-corrected chi connectivity index (χ3v) is 0. The zero-order valence-corrected chi connectivity index (χ0v) is 4.34. The molecule has 0 aliphatic heterocycles. The fraction of sp³-hybridized carbons (Fsp3) is 0. The molecule has 0 fully saturated rings. The largest absolute Gasteiger partial charge is 0.412 e. The molecule has 0 amide bonds. The minimum absolute atomic E-state index is 0. The Hall–Kier alpha value is 0.384. The van der Waals surface area contributed by atoms with Crippen LogP contribution in [-0.2, 0) is 18.6 Å². The van der Waals surface area contributed by atoms with Crippen molar-refractivity contribution in [3.63, 3.8) is 0 Å². The molecular weight excluding hydrogens is 131 g/mol. The van der Waals surface area contributed by atoms with Crippen molar-refractivity contribution in [1.29, 1.82) is 0 Å². The second-order valence-electron chi connectivity index (χ2n) is 0. The summed E-state index contributed by atoms with van der Waals surface area (Å²) in [5.41, 5.74) is 0. The van der Waals surface area contributed by atoms with Crippen LogP contribution in [0.2, 0.25) is 0 Å². The van der Waals surface area contributed by atoms with E-state index in [0.717, 1.165) is 0 Å². The van der Waals surface area contributed by atoms with Crippen molar-refractivity contribution >= 4 is 0 Å². The Morgan fingerprint density at radius 2 is 0.333 bits per heavy atom. The topological polar surface area (TPSA) is 158 Å². The molecule has 0 unspecified atom stereocenters. The molecule has 0 heterocycles. The molecule has 0 aromatic carbocycles. The smallest absolute Gasteiger partial charge is 0 e. The van der Waals surface area contributed by atoms with Gasteiger partial charge in [-0.2, -0.15) is 0 Å². The molecule has 6 heavy (non-hydrogen) atoms. The van der Waals surface area contributed by atoms with Crippen LogP contribution in [0.3, 0.4) is 0 Å². The maximum Gasteiger partial charge on any atom is 0 e. The molecule has 1 radical (unpaired) electrons. The fourth-order valence-electron chi connectivity index (χ4n) is 0. The SMILES string of the molecule is O.O.O.O.O.[V]. The van der Waals surface area contributed by atoms with Crippen LogP contribution in [0.5, 0.6) is 0 Å². The zero-order valence-electron chi connectivity index (χ0n) is 2.95. The van der Waals surface area contributed by atoms with Crippen molar-refractivity contribution in [2.75, 3.05) is 0 Å². The van der Waals surface area contributed by atoms with Crippen LogP contribution in [0, 0.1) is 0 Å². The minimum Gasteiger partial charge on any atom is -0.412 e. The predicted octanol–water partition coefficient (Wildman–Crippen LogP) is -4.13. The summed E-state index contributed by atoms with van der Waals surface area (Å²) in [6, 6.07) is 0. The van der Waals surface area contributed by atoms with Gasteiger partial charge in [-0.3, -0.25) is 0 Å². The Labute approximate surface area is 46.8 Å². The minimum atomic E-state index is 0. The van der Waals surface area contributed by atoms with E-state index in [2.05, 4.69) is 0 Å². The van der Waals surface area contributed by atoms with E-state index in [1.165, 1.54) is 0 Å². The molecule has 0 saturated heterocycles. The molecule has 0 rings (SSSR count). The third kappa shape index (κ3) is 340. The zero-order chi connectivity index (χ0) is 0. The van der Waals surface area contributed by atoms with Gasteiger partial charge in [0.25, 0.3) is 0 Å². The summed E-state index contributed by atoms with van der Waals surface area (Å²) in [7, 11) is 0. The second kappa shape index (κ2) is 700. The first-order chi connectivity index (χ1) is 0. The van der Waals surface area contributed by atoms with E-state index in [0.29, 0.717) is 0 Å². The molecule has 0 saturated carbocycles. The summed E-state index contributed by atoms with van der Waals surface area (Å²) >= 11 is 0. The van der Waals surface area contributed by atoms with Crippen LogP contribution in [0.15, 0.2) is 0 Å². The first-order valence-corrected chi connectivity index (χ1v) is 0. The van der Waals surface area contributed by atoms with Crippen molar-refractivity contribution < 1.29 is 45.9 Å². The van der Waals surface area contributed by atoms with Crippen LogP contribution < -0.4 is 0 Å². The summed E-state index contributed by atoms with van der Waals surface area (Å²) in [6.45, 7) is 0. The molecule has 45 valence electrons. The third-order valence-electron chi connectivity index (χ3n) is 0. The predicted molar refractivity (Wildman–Crippen MR) is 18.1 cm³/mol. The summed E-state index contributed by atoms with van der Waals surface area (Å²) in [4.78, 5) is 0. The van der Waals surface area contributed by atoms with Crippen molar-refractivity contribution in [2.24, 2.45) is 0 Å². The van der Waals surface area contributed by atoms with Crippen molar-refractivity contribution in [1.82, 2.24) is 0 Å². The van der Waals surface area contributed by atoms with E-state index >= 15 is 0 Å². The van der Waals surface area contributed by atoms with E-state index in [1.54, 1.807) is 0 Å². The van der Waals surface area contributed by atoms with Crippen LogP contribution >= 0.6 is 0 Å². The van der Waals surface area contributed by atoms with Gasteiger partial charge in [0.1, 0.15) is 0 Å². The summed E-state index contributed by atoms with van der Waals surface area (Å²) in [5, 5.41) is 0. The number of rotatable bonds is 0. The van der Waals surface area contributed by atoms with Crippen LogP contribution in [0.4, 0.5) is 0 Å². The Morgan fingerprint density at radius 3 is 0.333 bits per heavy atom. The summed E-state index contributed by atoms with van der Waals surface area (Å²) < 4.78 is 0. The Kier molecular flexibility index (Phi) is 146000. The second-order valence-corrected chi connectivity index (χ2v) is 0. The van der Waals surface area contributed by atoms with Crippen molar-refractivity contribution in [2.45, 2.75) is 0 Å². The molecule has 10 N–H and O–H groups in total. The summed E-state index contributed by atoms with van der Waals surface area (Å²) in [6.07, 6.45) is 0. The van der Waals surface area contributed by atoms with Crippen molar-refractivity contribution in [3.8, 4) is 0 Å². The Bertz CT molecular complexity index is 3.90. The molecule has 0 aliphatic carbocycles. The molecule has 0 bridgehead atoms. The molecule has 0 aromatic heterocycles. The normalized spacial score (nSPS) is 0. The molecule has 0 aromatic rings. The first kappa shape index (κ1) is 1250. The first-order valence-electron chi connectivity index (χ1n) is 0. The maximum absolute atomic E-state index is 0. The van der Waals surface area contributed by atoms with Gasteiger partial charge in [0.15, 0.2) is 0 Å². The monoisotopic (exact) mass is 141 g/mol. The summed E-state index contributed by atoms with van der Waals surface area (Å²) in [5.74, 6) is 0. The van der Waals surface area contributed by atoms with Gasteiger partial charge >= 0.3 is 0 Å². The molecular formula is H10O5V. The van der Waals surface area contributed by atoms with Crippen molar-refractivity contribution in [3.05, 3.63) is 0 Å². The van der Waals surface area contributed by atoms with Gasteiger partial charge in [-0.25, -0.2) is 0 Å². The van der Waals surface area contributed by atoms with Crippen LogP contribution in [0.1, 0.15) is 0 Å². The van der Waals surface area contributed by atoms with Gasteiger partial charge in [0.2, 0.25) is 0 Å². The number of hydrogen-bond donors (Lipinski definition) is 0. The Morgan fingerprint density at radius 1 is 0.333 bits per heavy atom. The van der Waals surface area contributed by atoms with Gasteiger partial charge in [-0.15, -0.1) is 0 Å². The van der Waals surface area contributed by atoms with E-state index in [-0.39, 0.29) is 45.9 Å². The van der Waals surface area contributed by atoms with Gasteiger partial charge in [0.05, 0.1) is 0 Å². The fourth-order valence-corrected chi connectivity index (χ4v) is 0. The molecule has 0 atom stereocenters. The van der Waals surface area contributed by atoms with Gasteiger partial charge < -0.3 is 27.4 Å². The molecule has 0 aliphatic rings. The molecule has 0 spiro atoms. The van der Waals surface area contributed by atoms with Gasteiger partial charge in [0, 0.05) is 18.6 Å². The molecule has 5 nitrogen and oxygen atoms in total. The standard InChI is InChI=1S/5H2O.V/h5*1H2;. The maximum atomic E-state index is 0. The quantitative estimate of drug-likeness (QED) is 0.321. The van der Waals surface area contributed by atoms with Gasteiger partial charge in [-0.05, 0) is 0 Å². The van der Waals surface area contributed by atoms with E-state index < -0.39 is 0 Å². The van der Waals surface area contributed by atoms with E-state index in [4.69, 9.17) is 0 Å². The van der Waals surface area contributed by atoms with Gasteiger partial charge in [-0.1, -0.05) is 0 Å². The molecule has 6 heteroatoms. The van der Waals surface area contributed by atoms with E-state index in [1.807, 2.05) is 0 Å². The number of hydrogen-bond acceptors (Lipinski definition) is 0. The average molecular weight is 141 g/mol. The van der Waals surface area contributed by atoms with Crippen LogP contribution in [0.25, 0.3) is 0 Å². The average Bonchev–Trinajstić information content (AvgIpc) is 0. The Balaban J connectivity index is 0. The van der Waals surface area contributed by atoms with E-state index in [9.17, 15) is 0 Å².